The third-order valence-electron chi connectivity index (χ3n) is 2.88. The molecule has 0 unspecified atom stereocenters. The highest BCUT2D eigenvalue weighted by Crippen LogP contribution is 2.23. The number of rotatable bonds is 2. The fourth-order valence-electron chi connectivity index (χ4n) is 1.87. The number of nitrogens with zero attached hydrogens (tertiary/aromatic N) is 1. The van der Waals surface area contributed by atoms with Gasteiger partial charge < -0.3 is 4.98 Å². The third-order valence-corrected chi connectivity index (χ3v) is 2.88. The lowest BCUT2D eigenvalue weighted by Gasteiger charge is -2.06. The first-order chi connectivity index (χ1) is 8.58. The van der Waals surface area contributed by atoms with Crippen molar-refractivity contribution in [1.29, 1.82) is 0 Å². The first-order valence-electron chi connectivity index (χ1n) is 5.89. The van der Waals surface area contributed by atoms with E-state index >= 15 is 0 Å². The van der Waals surface area contributed by atoms with Crippen LogP contribution in [0.4, 0.5) is 5.69 Å². The summed E-state index contributed by atoms with van der Waals surface area (Å²) < 4.78 is 0. The fourth-order valence-corrected chi connectivity index (χ4v) is 1.87. The van der Waals surface area contributed by atoms with Gasteiger partial charge in [-0.25, -0.2) is 0 Å². The summed E-state index contributed by atoms with van der Waals surface area (Å²) in [5.41, 5.74) is 4.69. The summed E-state index contributed by atoms with van der Waals surface area (Å²) in [5.74, 6) is 0. The Hall–Kier alpha value is -2.16. The minimum atomic E-state index is -0.108. The van der Waals surface area contributed by atoms with Crippen LogP contribution < -0.4 is 5.56 Å². The summed E-state index contributed by atoms with van der Waals surface area (Å²) in [6, 6.07) is 11.2. The topological polar surface area (TPSA) is 45.2 Å². The van der Waals surface area contributed by atoms with Gasteiger partial charge in [-0.2, -0.15) is 0 Å². The molecule has 3 nitrogen and oxygen atoms in total. The number of para-hydroxylation sites is 1. The Bertz CT molecular complexity index is 633. The molecule has 92 valence electrons. The number of hydrogen-bond donors (Lipinski definition) is 1. The van der Waals surface area contributed by atoms with Crippen molar-refractivity contribution < 1.29 is 0 Å². The summed E-state index contributed by atoms with van der Waals surface area (Å²) in [5, 5.41) is 0. The number of nitrogens with one attached hydrogen (secondary N) is 1. The zero-order valence-electron chi connectivity index (χ0n) is 10.8. The molecule has 0 aliphatic carbocycles. The smallest absolute Gasteiger partial charge is 0.248 e. The van der Waals surface area contributed by atoms with Crippen molar-refractivity contribution in [2.45, 2.75) is 20.8 Å². The number of aliphatic imine (C=N–C) groups is 1. The fraction of sp³-hybridized carbons (Fsp3) is 0.200. The molecule has 0 bridgehead atoms. The molecule has 0 radical (unpaired) electrons. The molecule has 1 aromatic heterocycles. The van der Waals surface area contributed by atoms with Crippen LogP contribution in [0.1, 0.15) is 23.7 Å². The molecule has 1 heterocycles. The standard InChI is InChI=1S/C15H16N2O/c1-10-6-4-7-11(2)15(10)16-12(3)13-8-5-9-14(18)17-13/h4-9H,1-3H3,(H,17,18). The molecular formula is C15H16N2O. The van der Waals surface area contributed by atoms with E-state index in [-0.39, 0.29) is 5.56 Å². The van der Waals surface area contributed by atoms with Crippen molar-refractivity contribution >= 4 is 11.4 Å². The molecule has 3 heteroatoms. The molecule has 2 rings (SSSR count). The van der Waals surface area contributed by atoms with E-state index in [9.17, 15) is 4.79 Å². The molecule has 1 N–H and O–H groups in total. The molecule has 0 saturated carbocycles. The van der Waals surface area contributed by atoms with E-state index in [2.05, 4.69) is 9.98 Å². The van der Waals surface area contributed by atoms with Crippen LogP contribution in [0.15, 0.2) is 46.2 Å². The van der Waals surface area contributed by atoms with Crippen molar-refractivity contribution in [3.8, 4) is 0 Å². The first-order valence-corrected chi connectivity index (χ1v) is 5.89. The second-order valence-electron chi connectivity index (χ2n) is 4.37. The summed E-state index contributed by atoms with van der Waals surface area (Å²) in [6.45, 7) is 5.97. The van der Waals surface area contributed by atoms with Crippen LogP contribution in [0.5, 0.6) is 0 Å². The van der Waals surface area contributed by atoms with Crippen LogP contribution in [-0.2, 0) is 0 Å². The van der Waals surface area contributed by atoms with E-state index in [1.165, 1.54) is 6.07 Å². The molecule has 0 aliphatic rings. The Balaban J connectivity index is 2.48. The van der Waals surface area contributed by atoms with Crippen molar-refractivity contribution in [2.24, 2.45) is 4.99 Å². The Labute approximate surface area is 106 Å². The number of H-pyrrole nitrogens is 1. The summed E-state index contributed by atoms with van der Waals surface area (Å²) in [6.07, 6.45) is 0. The normalized spacial score (nSPS) is 11.6. The lowest BCUT2D eigenvalue weighted by atomic mass is 10.1. The van der Waals surface area contributed by atoms with Crippen molar-refractivity contribution in [1.82, 2.24) is 4.98 Å². The van der Waals surface area contributed by atoms with Gasteiger partial charge in [-0.1, -0.05) is 24.3 Å². The van der Waals surface area contributed by atoms with Gasteiger partial charge in [0, 0.05) is 6.07 Å². The van der Waals surface area contributed by atoms with E-state index in [0.29, 0.717) is 0 Å². The van der Waals surface area contributed by atoms with Crippen molar-refractivity contribution in [2.75, 3.05) is 0 Å². The number of aryl methyl sites for hydroxylation is 2. The summed E-state index contributed by atoms with van der Waals surface area (Å²) in [4.78, 5) is 18.7. The van der Waals surface area contributed by atoms with Gasteiger partial charge in [-0.3, -0.25) is 9.79 Å². The zero-order chi connectivity index (χ0) is 13.1. The van der Waals surface area contributed by atoms with Crippen LogP contribution in [0.25, 0.3) is 0 Å². The van der Waals surface area contributed by atoms with Gasteiger partial charge in [0.1, 0.15) is 0 Å². The largest absolute Gasteiger partial charge is 0.321 e. The molecule has 0 aliphatic heterocycles. The molecule has 0 spiro atoms. The van der Waals surface area contributed by atoms with Crippen LogP contribution in [-0.4, -0.2) is 10.7 Å². The quantitative estimate of drug-likeness (QED) is 0.805. The van der Waals surface area contributed by atoms with Gasteiger partial charge >= 0.3 is 0 Å². The van der Waals surface area contributed by atoms with Gasteiger partial charge in [-0.15, -0.1) is 0 Å². The number of aromatic nitrogens is 1. The molecular weight excluding hydrogens is 224 g/mol. The van der Waals surface area contributed by atoms with Crippen LogP contribution in [0.3, 0.4) is 0 Å². The monoisotopic (exact) mass is 240 g/mol. The number of pyridine rings is 1. The predicted octanol–water partition coefficient (Wildman–Crippen LogP) is 3.13. The summed E-state index contributed by atoms with van der Waals surface area (Å²) in [7, 11) is 0. The van der Waals surface area contributed by atoms with Gasteiger partial charge in [0.05, 0.1) is 17.1 Å². The maximum absolute atomic E-state index is 11.3. The van der Waals surface area contributed by atoms with E-state index in [4.69, 9.17) is 0 Å². The minimum absolute atomic E-state index is 0.108. The number of hydrogen-bond acceptors (Lipinski definition) is 2. The molecule has 2 aromatic rings. The average Bonchev–Trinajstić information content (AvgIpc) is 2.34. The molecule has 0 atom stereocenters. The lowest BCUT2D eigenvalue weighted by molar-refractivity contribution is 1.20. The van der Waals surface area contributed by atoms with E-state index in [1.807, 2.05) is 45.0 Å². The minimum Gasteiger partial charge on any atom is -0.321 e. The molecule has 0 amide bonds. The highest BCUT2D eigenvalue weighted by Gasteiger charge is 2.03. The lowest BCUT2D eigenvalue weighted by Crippen LogP contribution is -2.09. The Morgan fingerprint density at radius 2 is 1.67 bits per heavy atom. The highest BCUT2D eigenvalue weighted by atomic mass is 16.1. The second-order valence-corrected chi connectivity index (χ2v) is 4.37. The number of aromatic amines is 1. The van der Waals surface area contributed by atoms with Gasteiger partial charge in [-0.05, 0) is 38.0 Å². The maximum atomic E-state index is 11.3. The van der Waals surface area contributed by atoms with Gasteiger partial charge in [0.2, 0.25) is 5.56 Å². The van der Waals surface area contributed by atoms with Gasteiger partial charge in [0.15, 0.2) is 0 Å². The second kappa shape index (κ2) is 5.00. The Morgan fingerprint density at radius 3 is 2.28 bits per heavy atom. The van der Waals surface area contributed by atoms with Crippen molar-refractivity contribution in [3.63, 3.8) is 0 Å². The highest BCUT2D eigenvalue weighted by molar-refractivity contribution is 5.98. The first kappa shape index (κ1) is 12.3. The van der Waals surface area contributed by atoms with Crippen LogP contribution in [0, 0.1) is 13.8 Å². The Kier molecular flexibility index (Phi) is 3.42. The van der Waals surface area contributed by atoms with E-state index < -0.39 is 0 Å². The maximum Gasteiger partial charge on any atom is 0.248 e. The number of benzene rings is 1. The average molecular weight is 240 g/mol. The predicted molar refractivity (Wildman–Crippen MR) is 74.8 cm³/mol. The molecule has 0 saturated heterocycles. The molecule has 18 heavy (non-hydrogen) atoms. The van der Waals surface area contributed by atoms with Gasteiger partial charge in [0.25, 0.3) is 0 Å². The SMILES string of the molecule is CC(=Nc1c(C)cccc1C)c1cccc(=O)[nH]1. The Morgan fingerprint density at radius 1 is 1.06 bits per heavy atom. The van der Waals surface area contributed by atoms with E-state index in [1.54, 1.807) is 6.07 Å². The van der Waals surface area contributed by atoms with Crippen LogP contribution in [0.2, 0.25) is 0 Å². The van der Waals surface area contributed by atoms with Crippen molar-refractivity contribution in [3.05, 3.63) is 63.6 Å². The third kappa shape index (κ3) is 2.56. The van der Waals surface area contributed by atoms with E-state index in [0.717, 1.165) is 28.2 Å². The molecule has 0 fully saturated rings. The molecule has 1 aromatic carbocycles. The zero-order valence-corrected chi connectivity index (χ0v) is 10.8. The van der Waals surface area contributed by atoms with Crippen LogP contribution >= 0.6 is 0 Å². The summed E-state index contributed by atoms with van der Waals surface area (Å²) >= 11 is 0.